The van der Waals surface area contributed by atoms with Crippen LogP contribution in [0.15, 0.2) is 139 Å². The van der Waals surface area contributed by atoms with Gasteiger partial charge in [-0.2, -0.15) is 0 Å². The standard InChI is InChI=1S/C43H45N3O7/c44-46-45-25-13-4-14-26-49-43-41(53-42(47)36-20-9-3-10-21-36)40(51-30-34-23-24-35-19-11-12-22-37(35)27-34)39(50-29-33-17-7-2-8-18-33)38(52-43)31-48-28-32-15-5-1-6-16-32/h1-3,5-12,15-24,27,38-41,43H,4,13-14,25-26,28-31H2/t38?,39-,40?,41?,43+/m1/s1. The van der Waals surface area contributed by atoms with Gasteiger partial charge in [0.15, 0.2) is 12.4 Å². The molecule has 5 atom stereocenters. The molecule has 274 valence electrons. The number of unbranched alkanes of at least 4 members (excludes halogenated alkanes) is 2. The first kappa shape index (κ1) is 37.7. The SMILES string of the molecule is [N-]=[N+]=NCCCCCO[C@H]1OC(COCc2ccccc2)[C@@H](OCc2ccccc2)C(OCc2ccc3ccccc3c2)C1OC(=O)c1ccccc1. The van der Waals surface area contributed by atoms with Crippen LogP contribution in [-0.4, -0.2) is 56.4 Å². The van der Waals surface area contributed by atoms with E-state index in [4.69, 9.17) is 34.0 Å². The highest BCUT2D eigenvalue weighted by atomic mass is 16.7. The van der Waals surface area contributed by atoms with Crippen LogP contribution in [0.4, 0.5) is 0 Å². The summed E-state index contributed by atoms with van der Waals surface area (Å²) in [5, 5.41) is 5.85. The molecule has 1 aliphatic heterocycles. The Kier molecular flexibility index (Phi) is 14.4. The maximum absolute atomic E-state index is 13.7. The molecule has 0 aromatic heterocycles. The lowest BCUT2D eigenvalue weighted by atomic mass is 9.97. The number of carbonyl (C=O) groups is 1. The molecule has 0 bridgehead atoms. The molecule has 6 rings (SSSR count). The Hall–Kier alpha value is -5.06. The van der Waals surface area contributed by atoms with Gasteiger partial charge in [-0.15, -0.1) is 0 Å². The summed E-state index contributed by atoms with van der Waals surface area (Å²) in [7, 11) is 0. The molecule has 0 N–H and O–H groups in total. The van der Waals surface area contributed by atoms with Crippen molar-refractivity contribution in [2.75, 3.05) is 19.8 Å². The van der Waals surface area contributed by atoms with E-state index in [1.807, 2.05) is 84.9 Å². The number of benzene rings is 5. The highest BCUT2D eigenvalue weighted by molar-refractivity contribution is 5.89. The van der Waals surface area contributed by atoms with Crippen molar-refractivity contribution in [1.82, 2.24) is 0 Å². The Labute approximate surface area is 310 Å². The molecular formula is C43H45N3O7. The first-order chi connectivity index (χ1) is 26.2. The summed E-state index contributed by atoms with van der Waals surface area (Å²) < 4.78 is 39.1. The molecule has 5 aromatic carbocycles. The van der Waals surface area contributed by atoms with E-state index >= 15 is 0 Å². The summed E-state index contributed by atoms with van der Waals surface area (Å²) in [6.45, 7) is 1.79. The van der Waals surface area contributed by atoms with Gasteiger partial charge in [0.2, 0.25) is 0 Å². The van der Waals surface area contributed by atoms with Crippen LogP contribution in [0.25, 0.3) is 21.2 Å². The van der Waals surface area contributed by atoms with Crippen molar-refractivity contribution in [3.63, 3.8) is 0 Å². The molecule has 0 saturated carbocycles. The molecule has 0 aliphatic carbocycles. The second-order valence-corrected chi connectivity index (χ2v) is 12.9. The Balaban J connectivity index is 1.30. The normalized spacial score (nSPS) is 19.7. The van der Waals surface area contributed by atoms with Crippen LogP contribution in [0.5, 0.6) is 0 Å². The molecule has 1 saturated heterocycles. The number of hydrogen-bond donors (Lipinski definition) is 0. The van der Waals surface area contributed by atoms with Gasteiger partial charge in [0, 0.05) is 18.1 Å². The third-order valence-corrected chi connectivity index (χ3v) is 9.03. The van der Waals surface area contributed by atoms with Crippen LogP contribution >= 0.6 is 0 Å². The quantitative estimate of drug-likeness (QED) is 0.0275. The van der Waals surface area contributed by atoms with E-state index in [2.05, 4.69) is 34.3 Å². The van der Waals surface area contributed by atoms with E-state index in [1.165, 1.54) is 0 Å². The fourth-order valence-corrected chi connectivity index (χ4v) is 6.29. The van der Waals surface area contributed by atoms with Crippen molar-refractivity contribution in [3.05, 3.63) is 166 Å². The number of fused-ring (bicyclic) bond motifs is 1. The zero-order chi connectivity index (χ0) is 36.5. The molecule has 5 aromatic rings. The largest absolute Gasteiger partial charge is 0.450 e. The molecule has 10 nitrogen and oxygen atoms in total. The minimum Gasteiger partial charge on any atom is -0.450 e. The topological polar surface area (TPSA) is 121 Å². The summed E-state index contributed by atoms with van der Waals surface area (Å²) >= 11 is 0. The monoisotopic (exact) mass is 715 g/mol. The van der Waals surface area contributed by atoms with Crippen LogP contribution in [-0.2, 0) is 48.2 Å². The second kappa shape index (κ2) is 20.3. The first-order valence-electron chi connectivity index (χ1n) is 18.1. The van der Waals surface area contributed by atoms with Crippen molar-refractivity contribution in [1.29, 1.82) is 0 Å². The van der Waals surface area contributed by atoms with Crippen molar-refractivity contribution in [3.8, 4) is 0 Å². The lowest BCUT2D eigenvalue weighted by Crippen LogP contribution is -2.62. The second-order valence-electron chi connectivity index (χ2n) is 12.9. The van der Waals surface area contributed by atoms with Gasteiger partial charge in [-0.1, -0.05) is 127 Å². The molecule has 0 spiro atoms. The average molecular weight is 716 g/mol. The molecule has 3 unspecified atom stereocenters. The van der Waals surface area contributed by atoms with Gasteiger partial charge >= 0.3 is 5.97 Å². The Morgan fingerprint density at radius 1 is 0.642 bits per heavy atom. The summed E-state index contributed by atoms with van der Waals surface area (Å²) in [6, 6.07) is 43.0. The van der Waals surface area contributed by atoms with Gasteiger partial charge in [-0.3, -0.25) is 0 Å². The van der Waals surface area contributed by atoms with Gasteiger partial charge in [0.05, 0.1) is 32.0 Å². The Morgan fingerprint density at radius 2 is 1.28 bits per heavy atom. The van der Waals surface area contributed by atoms with E-state index in [0.29, 0.717) is 31.7 Å². The molecule has 53 heavy (non-hydrogen) atoms. The third-order valence-electron chi connectivity index (χ3n) is 9.03. The van der Waals surface area contributed by atoms with Crippen LogP contribution in [0, 0.1) is 0 Å². The van der Waals surface area contributed by atoms with Crippen LogP contribution in [0.1, 0.15) is 46.3 Å². The first-order valence-corrected chi connectivity index (χ1v) is 18.1. The number of esters is 1. The number of rotatable bonds is 19. The molecule has 10 heteroatoms. The third kappa shape index (κ3) is 11.2. The maximum atomic E-state index is 13.7. The number of ether oxygens (including phenoxy) is 6. The van der Waals surface area contributed by atoms with Crippen molar-refractivity contribution in [2.45, 2.75) is 69.8 Å². The Morgan fingerprint density at radius 3 is 2.02 bits per heavy atom. The minimum atomic E-state index is -0.988. The average Bonchev–Trinajstić information content (AvgIpc) is 3.21. The molecule has 1 aliphatic rings. The molecule has 0 radical (unpaired) electrons. The zero-order valence-corrected chi connectivity index (χ0v) is 29.7. The van der Waals surface area contributed by atoms with Gasteiger partial charge < -0.3 is 28.4 Å². The lowest BCUT2D eigenvalue weighted by Gasteiger charge is -2.45. The predicted octanol–water partition coefficient (Wildman–Crippen LogP) is 8.97. The molecular weight excluding hydrogens is 670 g/mol. The number of carbonyl (C=O) groups excluding carboxylic acids is 1. The fourth-order valence-electron chi connectivity index (χ4n) is 6.29. The summed E-state index contributed by atoms with van der Waals surface area (Å²) in [4.78, 5) is 16.5. The highest BCUT2D eigenvalue weighted by Gasteiger charge is 2.50. The van der Waals surface area contributed by atoms with Crippen LogP contribution < -0.4 is 0 Å². The molecule has 1 fully saturated rings. The van der Waals surface area contributed by atoms with Gasteiger partial charge in [0.25, 0.3) is 0 Å². The fraction of sp³-hybridized carbons (Fsp3) is 0.326. The smallest absolute Gasteiger partial charge is 0.338 e. The highest BCUT2D eigenvalue weighted by Crippen LogP contribution is 2.32. The van der Waals surface area contributed by atoms with E-state index in [9.17, 15) is 4.79 Å². The van der Waals surface area contributed by atoms with Gasteiger partial charge in [0.1, 0.15) is 18.3 Å². The van der Waals surface area contributed by atoms with Crippen LogP contribution in [0.2, 0.25) is 0 Å². The Bertz CT molecular complexity index is 1890. The predicted molar refractivity (Wildman–Crippen MR) is 202 cm³/mol. The zero-order valence-electron chi connectivity index (χ0n) is 29.7. The molecule has 1 heterocycles. The van der Waals surface area contributed by atoms with Crippen molar-refractivity contribution in [2.24, 2.45) is 5.11 Å². The van der Waals surface area contributed by atoms with Gasteiger partial charge in [-0.05, 0) is 64.0 Å². The van der Waals surface area contributed by atoms with E-state index in [1.54, 1.807) is 24.3 Å². The summed E-state index contributed by atoms with van der Waals surface area (Å²) in [5.74, 6) is -0.526. The summed E-state index contributed by atoms with van der Waals surface area (Å²) in [5.41, 5.74) is 12.0. The van der Waals surface area contributed by atoms with Gasteiger partial charge in [-0.25, -0.2) is 4.79 Å². The van der Waals surface area contributed by atoms with E-state index in [-0.39, 0.29) is 19.8 Å². The van der Waals surface area contributed by atoms with E-state index < -0.39 is 36.7 Å². The van der Waals surface area contributed by atoms with Crippen molar-refractivity contribution < 1.29 is 33.2 Å². The minimum absolute atomic E-state index is 0.176. The summed E-state index contributed by atoms with van der Waals surface area (Å²) in [6.07, 6.45) is -1.91. The van der Waals surface area contributed by atoms with E-state index in [0.717, 1.165) is 40.3 Å². The number of nitrogens with zero attached hydrogens (tertiary/aromatic N) is 3. The maximum Gasteiger partial charge on any atom is 0.338 e. The van der Waals surface area contributed by atoms with Crippen molar-refractivity contribution >= 4 is 16.7 Å². The number of azide groups is 1. The number of hydrogen-bond acceptors (Lipinski definition) is 8. The molecule has 0 amide bonds. The van der Waals surface area contributed by atoms with Crippen LogP contribution in [0.3, 0.4) is 0 Å². The lowest BCUT2D eigenvalue weighted by molar-refractivity contribution is -0.318.